The van der Waals surface area contributed by atoms with E-state index in [0.29, 0.717) is 0 Å². The fourth-order valence-electron chi connectivity index (χ4n) is 2.53. The molecule has 116 valence electrons. The number of hydrogen-bond acceptors (Lipinski definition) is 6. The summed E-state index contributed by atoms with van der Waals surface area (Å²) >= 11 is 5.79. The molecule has 0 saturated heterocycles. The highest BCUT2D eigenvalue weighted by Gasteiger charge is 2.27. The predicted molar refractivity (Wildman–Crippen MR) is 80.9 cm³/mol. The summed E-state index contributed by atoms with van der Waals surface area (Å²) in [7, 11) is 0. The number of hydrogen-bond donors (Lipinski definition) is 1. The van der Waals surface area contributed by atoms with Crippen LogP contribution in [-0.2, 0) is 13.0 Å². The topological polar surface area (TPSA) is 98.8 Å². The Labute approximate surface area is 131 Å². The molecule has 1 aliphatic heterocycles. The molecule has 0 saturated carbocycles. The lowest BCUT2D eigenvalue weighted by Crippen LogP contribution is -2.23. The van der Waals surface area contributed by atoms with E-state index in [1.165, 1.54) is 12.3 Å². The van der Waals surface area contributed by atoms with Crippen LogP contribution in [0.4, 0.5) is 11.5 Å². The zero-order chi connectivity index (χ0) is 15.7. The molecule has 0 unspecified atom stereocenters. The molecule has 0 radical (unpaired) electrons. The number of fused-ring (bicyclic) bond motifs is 1. The number of nitro groups is 1. The Balaban J connectivity index is 1.92. The molecule has 22 heavy (non-hydrogen) atoms. The maximum Gasteiger partial charge on any atom is 0.312 e. The van der Waals surface area contributed by atoms with E-state index < -0.39 is 4.92 Å². The second-order valence-corrected chi connectivity index (χ2v) is 5.52. The van der Waals surface area contributed by atoms with Crippen LogP contribution in [-0.4, -0.2) is 24.7 Å². The summed E-state index contributed by atoms with van der Waals surface area (Å²) in [6.45, 7) is 2.81. The standard InChI is InChI=1S/C13H15ClN6O2/c1-2-11-17-13-9(4-3-5-19(13)18-11)16-12-10(20(21)22)6-8(14)7-15-12/h6-7,9H,2-5H2,1H3,(H,15,16)/t9-/m1/s1. The molecule has 3 rings (SSSR count). The van der Waals surface area contributed by atoms with E-state index >= 15 is 0 Å². The maximum atomic E-state index is 11.1. The van der Waals surface area contributed by atoms with Crippen molar-refractivity contribution in [2.24, 2.45) is 0 Å². The zero-order valence-electron chi connectivity index (χ0n) is 12.0. The van der Waals surface area contributed by atoms with Gasteiger partial charge in [-0.15, -0.1) is 0 Å². The van der Waals surface area contributed by atoms with Gasteiger partial charge in [0.05, 0.1) is 16.0 Å². The normalized spacial score (nSPS) is 17.1. The highest BCUT2D eigenvalue weighted by Crippen LogP contribution is 2.31. The number of pyridine rings is 1. The monoisotopic (exact) mass is 322 g/mol. The summed E-state index contributed by atoms with van der Waals surface area (Å²) in [5.41, 5.74) is -0.139. The minimum Gasteiger partial charge on any atom is -0.354 e. The number of aromatic nitrogens is 4. The first-order valence-corrected chi connectivity index (χ1v) is 7.46. The van der Waals surface area contributed by atoms with Gasteiger partial charge in [-0.25, -0.2) is 14.6 Å². The highest BCUT2D eigenvalue weighted by molar-refractivity contribution is 6.30. The Bertz CT molecular complexity index is 717. The Morgan fingerprint density at radius 2 is 2.41 bits per heavy atom. The summed E-state index contributed by atoms with van der Waals surface area (Å²) in [5, 5.41) is 18.9. The van der Waals surface area contributed by atoms with E-state index in [4.69, 9.17) is 11.6 Å². The smallest absolute Gasteiger partial charge is 0.312 e. The number of aryl methyl sites for hydroxylation is 2. The van der Waals surface area contributed by atoms with Gasteiger partial charge in [-0.2, -0.15) is 5.10 Å². The molecule has 0 aromatic carbocycles. The Kier molecular flexibility index (Phi) is 3.93. The molecule has 3 heterocycles. The molecule has 0 amide bonds. The molecular weight excluding hydrogens is 308 g/mol. The summed E-state index contributed by atoms with van der Waals surface area (Å²) < 4.78 is 1.86. The van der Waals surface area contributed by atoms with Crippen LogP contribution in [0.1, 0.15) is 37.5 Å². The largest absolute Gasteiger partial charge is 0.354 e. The van der Waals surface area contributed by atoms with Crippen molar-refractivity contribution < 1.29 is 4.92 Å². The van der Waals surface area contributed by atoms with Crippen molar-refractivity contribution in [1.29, 1.82) is 0 Å². The molecular formula is C13H15ClN6O2. The summed E-state index contributed by atoms with van der Waals surface area (Å²) in [6, 6.07) is 1.15. The number of nitrogens with one attached hydrogen (secondary N) is 1. The molecule has 0 spiro atoms. The van der Waals surface area contributed by atoms with E-state index in [1.54, 1.807) is 0 Å². The molecule has 0 fully saturated rings. The molecule has 1 N–H and O–H groups in total. The van der Waals surface area contributed by atoms with Gasteiger partial charge >= 0.3 is 5.69 Å². The third-order valence-corrected chi connectivity index (χ3v) is 3.78. The van der Waals surface area contributed by atoms with Crippen molar-refractivity contribution in [2.45, 2.75) is 38.8 Å². The minimum absolute atomic E-state index is 0.139. The molecule has 2 aromatic heterocycles. The van der Waals surface area contributed by atoms with Crippen LogP contribution in [0.2, 0.25) is 5.02 Å². The van der Waals surface area contributed by atoms with Gasteiger partial charge in [0.1, 0.15) is 5.82 Å². The van der Waals surface area contributed by atoms with Gasteiger partial charge in [-0.3, -0.25) is 10.1 Å². The van der Waals surface area contributed by atoms with Crippen molar-refractivity contribution in [1.82, 2.24) is 19.7 Å². The molecule has 1 atom stereocenters. The lowest BCUT2D eigenvalue weighted by molar-refractivity contribution is -0.384. The van der Waals surface area contributed by atoms with Crippen LogP contribution >= 0.6 is 11.6 Å². The quantitative estimate of drug-likeness (QED) is 0.686. The van der Waals surface area contributed by atoms with Crippen LogP contribution in [0.15, 0.2) is 12.3 Å². The fourth-order valence-corrected chi connectivity index (χ4v) is 2.68. The lowest BCUT2D eigenvalue weighted by atomic mass is 10.1. The van der Waals surface area contributed by atoms with Crippen molar-refractivity contribution in [3.05, 3.63) is 39.0 Å². The second kappa shape index (κ2) is 5.88. The average Bonchev–Trinajstić information content (AvgIpc) is 2.93. The predicted octanol–water partition coefficient (Wildman–Crippen LogP) is 2.74. The van der Waals surface area contributed by atoms with Crippen LogP contribution in [0.3, 0.4) is 0 Å². The van der Waals surface area contributed by atoms with Gasteiger partial charge < -0.3 is 5.32 Å². The van der Waals surface area contributed by atoms with Crippen LogP contribution in [0.25, 0.3) is 0 Å². The molecule has 8 nitrogen and oxygen atoms in total. The lowest BCUT2D eigenvalue weighted by Gasteiger charge is -2.23. The number of rotatable bonds is 4. The van der Waals surface area contributed by atoms with Crippen molar-refractivity contribution in [3.63, 3.8) is 0 Å². The first-order valence-electron chi connectivity index (χ1n) is 7.08. The van der Waals surface area contributed by atoms with E-state index in [1.807, 2.05) is 11.6 Å². The number of nitrogens with zero attached hydrogens (tertiary/aromatic N) is 5. The van der Waals surface area contributed by atoms with Crippen molar-refractivity contribution >= 4 is 23.1 Å². The van der Waals surface area contributed by atoms with E-state index in [2.05, 4.69) is 20.4 Å². The summed E-state index contributed by atoms with van der Waals surface area (Å²) in [6.07, 6.45) is 3.90. The van der Waals surface area contributed by atoms with Gasteiger partial charge in [0.15, 0.2) is 5.82 Å². The molecule has 9 heteroatoms. The van der Waals surface area contributed by atoms with Gasteiger partial charge in [0.2, 0.25) is 5.82 Å². The maximum absolute atomic E-state index is 11.1. The Hall–Kier alpha value is -2.22. The molecule has 0 aliphatic carbocycles. The number of anilines is 1. The number of halogens is 1. The van der Waals surface area contributed by atoms with Gasteiger partial charge in [-0.05, 0) is 12.8 Å². The highest BCUT2D eigenvalue weighted by atomic mass is 35.5. The Morgan fingerprint density at radius 3 is 3.14 bits per heavy atom. The summed E-state index contributed by atoms with van der Waals surface area (Å²) in [5.74, 6) is 1.78. The van der Waals surface area contributed by atoms with Gasteiger partial charge in [0, 0.05) is 25.2 Å². The second-order valence-electron chi connectivity index (χ2n) is 5.08. The fraction of sp³-hybridized carbons (Fsp3) is 0.462. The molecule has 0 bridgehead atoms. The van der Waals surface area contributed by atoms with Gasteiger partial charge in [-0.1, -0.05) is 18.5 Å². The van der Waals surface area contributed by atoms with Crippen LogP contribution in [0.5, 0.6) is 0 Å². The first kappa shape index (κ1) is 14.7. The summed E-state index contributed by atoms with van der Waals surface area (Å²) in [4.78, 5) is 19.2. The SMILES string of the molecule is CCc1nc2n(n1)CCC[C@H]2Nc1ncc(Cl)cc1[N+](=O)[O-]. The van der Waals surface area contributed by atoms with Crippen LogP contribution in [0, 0.1) is 10.1 Å². The van der Waals surface area contributed by atoms with E-state index in [9.17, 15) is 10.1 Å². The average molecular weight is 323 g/mol. The Morgan fingerprint density at radius 1 is 1.59 bits per heavy atom. The van der Waals surface area contributed by atoms with E-state index in [0.717, 1.165) is 37.5 Å². The molecule has 2 aromatic rings. The first-order chi connectivity index (χ1) is 10.6. The zero-order valence-corrected chi connectivity index (χ0v) is 12.7. The van der Waals surface area contributed by atoms with Crippen LogP contribution < -0.4 is 5.32 Å². The van der Waals surface area contributed by atoms with Gasteiger partial charge in [0.25, 0.3) is 0 Å². The van der Waals surface area contributed by atoms with Crippen molar-refractivity contribution in [2.75, 3.05) is 5.32 Å². The minimum atomic E-state index is -0.494. The van der Waals surface area contributed by atoms with Crippen molar-refractivity contribution in [3.8, 4) is 0 Å². The third kappa shape index (κ3) is 2.74. The molecule has 1 aliphatic rings. The van der Waals surface area contributed by atoms with E-state index in [-0.39, 0.29) is 22.6 Å². The third-order valence-electron chi connectivity index (χ3n) is 3.58.